The molecule has 0 saturated heterocycles. The van der Waals surface area contributed by atoms with E-state index in [1.165, 1.54) is 16.8 Å². The van der Waals surface area contributed by atoms with E-state index >= 15 is 0 Å². The Morgan fingerprint density at radius 3 is 3.08 bits per heavy atom. The van der Waals surface area contributed by atoms with Crippen LogP contribution < -0.4 is 0 Å². The van der Waals surface area contributed by atoms with Crippen LogP contribution >= 0.6 is 0 Å². The SMILES string of the molecule is C1=CC[C]([Ti][CH2]c2ccccn2)=C1. The molecular formula is C11H11NTi. The zero-order chi connectivity index (χ0) is 8.93. The van der Waals surface area contributed by atoms with Crippen LogP contribution in [0.2, 0.25) is 0 Å². The first-order chi connectivity index (χ1) is 6.45. The second-order valence-corrected chi connectivity index (χ2v) is 5.11. The summed E-state index contributed by atoms with van der Waals surface area (Å²) >= 11 is 0.0473. The van der Waals surface area contributed by atoms with Crippen LogP contribution in [-0.2, 0) is 23.9 Å². The Labute approximate surface area is 87.5 Å². The molecule has 1 heterocycles. The maximum atomic E-state index is 4.32. The van der Waals surface area contributed by atoms with E-state index < -0.39 is 0 Å². The minimum atomic E-state index is 0.0473. The zero-order valence-corrected chi connectivity index (χ0v) is 8.96. The van der Waals surface area contributed by atoms with Gasteiger partial charge in [0.2, 0.25) is 0 Å². The van der Waals surface area contributed by atoms with Crippen molar-refractivity contribution in [3.8, 4) is 0 Å². The maximum absolute atomic E-state index is 4.32. The van der Waals surface area contributed by atoms with E-state index in [1.54, 1.807) is 3.88 Å². The van der Waals surface area contributed by atoms with Crippen molar-refractivity contribution >= 4 is 0 Å². The number of nitrogens with zero attached hydrogens (tertiary/aromatic N) is 1. The van der Waals surface area contributed by atoms with Gasteiger partial charge in [-0.2, -0.15) is 0 Å². The molecule has 1 aromatic heterocycles. The first kappa shape index (κ1) is 8.92. The van der Waals surface area contributed by atoms with E-state index in [0.717, 1.165) is 0 Å². The van der Waals surface area contributed by atoms with Crippen LogP contribution in [0.25, 0.3) is 0 Å². The fraction of sp³-hybridized carbons (Fsp3) is 0.182. The Morgan fingerprint density at radius 2 is 2.38 bits per heavy atom. The number of hydrogen-bond donors (Lipinski definition) is 0. The van der Waals surface area contributed by atoms with Gasteiger partial charge in [-0.05, 0) is 0 Å². The van der Waals surface area contributed by atoms with Gasteiger partial charge in [-0.3, -0.25) is 0 Å². The predicted octanol–water partition coefficient (Wildman–Crippen LogP) is 2.51. The van der Waals surface area contributed by atoms with Crippen LogP contribution in [0.4, 0.5) is 0 Å². The summed E-state index contributed by atoms with van der Waals surface area (Å²) in [4.78, 5) is 4.32. The van der Waals surface area contributed by atoms with Crippen LogP contribution in [0.3, 0.4) is 0 Å². The molecule has 0 saturated carbocycles. The molecule has 13 heavy (non-hydrogen) atoms. The second-order valence-electron chi connectivity index (χ2n) is 3.00. The Balaban J connectivity index is 1.87. The molecule has 64 valence electrons. The molecule has 0 radical (unpaired) electrons. The molecule has 2 heteroatoms. The van der Waals surface area contributed by atoms with Crippen LogP contribution in [0.15, 0.2) is 46.5 Å². The van der Waals surface area contributed by atoms with Gasteiger partial charge in [0.15, 0.2) is 0 Å². The summed E-state index contributed by atoms with van der Waals surface area (Å²) in [7, 11) is 0. The zero-order valence-electron chi connectivity index (χ0n) is 7.40. The molecule has 0 fully saturated rings. The fourth-order valence-corrected chi connectivity index (χ4v) is 2.99. The topological polar surface area (TPSA) is 12.9 Å². The summed E-state index contributed by atoms with van der Waals surface area (Å²) in [5, 5.41) is 0. The molecule has 2 rings (SSSR count). The van der Waals surface area contributed by atoms with E-state index in [1.807, 2.05) is 12.3 Å². The van der Waals surface area contributed by atoms with Crippen molar-refractivity contribution in [1.29, 1.82) is 0 Å². The first-order valence-electron chi connectivity index (χ1n) is 4.44. The summed E-state index contributed by atoms with van der Waals surface area (Å²) in [5.41, 5.74) is 1.25. The normalized spacial score (nSPS) is 14.3. The molecule has 0 N–H and O–H groups in total. The van der Waals surface area contributed by atoms with Gasteiger partial charge in [-0.25, -0.2) is 0 Å². The third-order valence-corrected chi connectivity index (χ3v) is 4.12. The van der Waals surface area contributed by atoms with Gasteiger partial charge in [0.05, 0.1) is 0 Å². The molecule has 1 aliphatic carbocycles. The van der Waals surface area contributed by atoms with Crippen molar-refractivity contribution in [3.63, 3.8) is 0 Å². The first-order valence-corrected chi connectivity index (χ1v) is 6.33. The van der Waals surface area contributed by atoms with Crippen molar-refractivity contribution in [3.05, 3.63) is 52.2 Å². The number of hydrogen-bond acceptors (Lipinski definition) is 1. The molecule has 0 atom stereocenters. The Kier molecular flexibility index (Phi) is 3.12. The van der Waals surface area contributed by atoms with Gasteiger partial charge in [-0.15, -0.1) is 0 Å². The summed E-state index contributed by atoms with van der Waals surface area (Å²) in [6.07, 6.45) is 9.73. The van der Waals surface area contributed by atoms with E-state index in [4.69, 9.17) is 0 Å². The second kappa shape index (κ2) is 4.54. The number of rotatable bonds is 3. The Hall–Kier alpha value is -0.656. The van der Waals surface area contributed by atoms with Crippen LogP contribution in [0.1, 0.15) is 12.1 Å². The average Bonchev–Trinajstić information content (AvgIpc) is 2.69. The number of aromatic nitrogens is 1. The van der Waals surface area contributed by atoms with Crippen LogP contribution in [-0.4, -0.2) is 4.98 Å². The molecule has 0 bridgehead atoms. The summed E-state index contributed by atoms with van der Waals surface area (Å²) < 4.78 is 2.83. The van der Waals surface area contributed by atoms with Gasteiger partial charge in [0, 0.05) is 0 Å². The molecule has 1 aromatic rings. The molecule has 0 aromatic carbocycles. The molecule has 0 amide bonds. The average molecular weight is 205 g/mol. The van der Waals surface area contributed by atoms with Gasteiger partial charge in [0.25, 0.3) is 0 Å². The van der Waals surface area contributed by atoms with Crippen molar-refractivity contribution in [2.45, 2.75) is 11.1 Å². The van der Waals surface area contributed by atoms with E-state index in [9.17, 15) is 0 Å². The van der Waals surface area contributed by atoms with E-state index in [0.29, 0.717) is 0 Å². The van der Waals surface area contributed by atoms with Crippen LogP contribution in [0, 0.1) is 0 Å². The van der Waals surface area contributed by atoms with Gasteiger partial charge in [-0.1, -0.05) is 0 Å². The van der Waals surface area contributed by atoms with E-state index in [-0.39, 0.29) is 19.2 Å². The van der Waals surface area contributed by atoms with Crippen LogP contribution in [0.5, 0.6) is 0 Å². The minimum absolute atomic E-state index is 0.0473. The molecular weight excluding hydrogens is 194 g/mol. The fourth-order valence-electron chi connectivity index (χ4n) is 1.29. The third-order valence-electron chi connectivity index (χ3n) is 1.99. The molecule has 0 unspecified atom stereocenters. The van der Waals surface area contributed by atoms with Gasteiger partial charge < -0.3 is 0 Å². The van der Waals surface area contributed by atoms with Crippen molar-refractivity contribution < 1.29 is 19.2 Å². The molecule has 1 nitrogen and oxygen atoms in total. The molecule has 1 aliphatic rings. The molecule has 0 spiro atoms. The van der Waals surface area contributed by atoms with Gasteiger partial charge in [0.1, 0.15) is 0 Å². The summed E-state index contributed by atoms with van der Waals surface area (Å²) in [6.45, 7) is 0. The molecule has 0 aliphatic heterocycles. The quantitative estimate of drug-likeness (QED) is 0.691. The summed E-state index contributed by atoms with van der Waals surface area (Å²) in [6, 6.07) is 6.15. The van der Waals surface area contributed by atoms with Crippen molar-refractivity contribution in [1.82, 2.24) is 4.98 Å². The summed E-state index contributed by atoms with van der Waals surface area (Å²) in [5.74, 6) is 0. The monoisotopic (exact) mass is 205 g/mol. The Bertz CT molecular complexity index is 327. The Morgan fingerprint density at radius 1 is 1.38 bits per heavy atom. The number of pyridine rings is 1. The standard InChI is InChI=1S/C6H6N.C5H5.Ti/c1-6-4-2-3-5-7-6;1-2-4-5-3-1;/h2-5H,1H2;1-3H,4H2;. The van der Waals surface area contributed by atoms with Crippen molar-refractivity contribution in [2.24, 2.45) is 0 Å². The van der Waals surface area contributed by atoms with Gasteiger partial charge >= 0.3 is 87.5 Å². The van der Waals surface area contributed by atoms with Crippen molar-refractivity contribution in [2.75, 3.05) is 0 Å². The third kappa shape index (κ3) is 2.65. The predicted molar refractivity (Wildman–Crippen MR) is 49.8 cm³/mol. The van der Waals surface area contributed by atoms with E-state index in [2.05, 4.69) is 35.3 Å². The number of allylic oxidation sites excluding steroid dienone is 4.